The van der Waals surface area contributed by atoms with Crippen LogP contribution in [0.1, 0.15) is 6.42 Å². The van der Waals surface area contributed by atoms with Crippen LogP contribution in [0.5, 0.6) is 0 Å². The molecule has 1 saturated heterocycles. The first-order valence-electron chi connectivity index (χ1n) is 5.76. The fourth-order valence-electron chi connectivity index (χ4n) is 2.14. The van der Waals surface area contributed by atoms with E-state index in [0.29, 0.717) is 13.0 Å². The van der Waals surface area contributed by atoms with Gasteiger partial charge in [0.15, 0.2) is 0 Å². The maximum Gasteiger partial charge on any atom is 0.227 e. The molecule has 1 atom stereocenters. The molecule has 1 unspecified atom stereocenters. The first kappa shape index (κ1) is 13.1. The van der Waals surface area contributed by atoms with Gasteiger partial charge in [-0.2, -0.15) is 0 Å². The Labute approximate surface area is 115 Å². The minimum atomic E-state index is -0.236. The third-order valence-corrected chi connectivity index (χ3v) is 3.73. The lowest BCUT2D eigenvalue weighted by molar-refractivity contribution is -0.133. The van der Waals surface area contributed by atoms with Crippen molar-refractivity contribution in [2.75, 3.05) is 25.5 Å². The third-order valence-electron chi connectivity index (χ3n) is 3.06. The maximum atomic E-state index is 12.0. The number of carbonyl (C=O) groups is 2. The van der Waals surface area contributed by atoms with Crippen LogP contribution >= 0.6 is 15.9 Å². The van der Waals surface area contributed by atoms with E-state index < -0.39 is 0 Å². The van der Waals surface area contributed by atoms with Gasteiger partial charge in [0.1, 0.15) is 0 Å². The fourth-order valence-corrected chi connectivity index (χ4v) is 2.64. The summed E-state index contributed by atoms with van der Waals surface area (Å²) in [6.45, 7) is 0.457. The highest BCUT2D eigenvalue weighted by Crippen LogP contribution is 2.31. The molecule has 0 N–H and O–H groups in total. The van der Waals surface area contributed by atoms with Crippen LogP contribution in [0.3, 0.4) is 0 Å². The zero-order valence-electron chi connectivity index (χ0n) is 10.4. The van der Waals surface area contributed by atoms with E-state index in [-0.39, 0.29) is 17.7 Å². The first-order valence-corrected chi connectivity index (χ1v) is 6.56. The van der Waals surface area contributed by atoms with Crippen molar-refractivity contribution in [3.63, 3.8) is 0 Å². The lowest BCUT2D eigenvalue weighted by Crippen LogP contribution is -2.32. The molecule has 18 heavy (non-hydrogen) atoms. The number of nitrogens with zero attached hydrogens (tertiary/aromatic N) is 2. The molecule has 1 heterocycles. The highest BCUT2D eigenvalue weighted by Gasteiger charge is 2.36. The Kier molecular flexibility index (Phi) is 3.71. The van der Waals surface area contributed by atoms with E-state index in [9.17, 15) is 9.59 Å². The third kappa shape index (κ3) is 2.41. The molecule has 0 spiro atoms. The quantitative estimate of drug-likeness (QED) is 0.837. The van der Waals surface area contributed by atoms with E-state index in [1.54, 1.807) is 23.9 Å². The highest BCUT2D eigenvalue weighted by atomic mass is 79.9. The Bertz CT molecular complexity index is 488. The molecule has 1 aromatic rings. The second-order valence-corrected chi connectivity index (χ2v) is 5.44. The average Bonchev–Trinajstić information content (AvgIpc) is 2.71. The predicted octanol–water partition coefficient (Wildman–Crippen LogP) is 1.89. The van der Waals surface area contributed by atoms with Gasteiger partial charge < -0.3 is 9.80 Å². The molecule has 0 aromatic heterocycles. The van der Waals surface area contributed by atoms with Crippen LogP contribution in [0.15, 0.2) is 28.7 Å². The molecule has 4 nitrogen and oxygen atoms in total. The number of halogens is 1. The molecule has 1 aliphatic rings. The molecule has 0 saturated carbocycles. The Balaban J connectivity index is 2.20. The summed E-state index contributed by atoms with van der Waals surface area (Å²) in [7, 11) is 3.43. The number of amides is 2. The van der Waals surface area contributed by atoms with E-state index in [1.807, 2.05) is 24.3 Å². The summed E-state index contributed by atoms with van der Waals surface area (Å²) in [5.74, 6) is -0.223. The van der Waals surface area contributed by atoms with E-state index >= 15 is 0 Å². The maximum absolute atomic E-state index is 12.0. The number of hydrogen-bond acceptors (Lipinski definition) is 2. The van der Waals surface area contributed by atoms with Gasteiger partial charge >= 0.3 is 0 Å². The van der Waals surface area contributed by atoms with Crippen molar-refractivity contribution in [3.05, 3.63) is 28.7 Å². The molecule has 2 rings (SSSR count). The number of benzene rings is 1. The van der Waals surface area contributed by atoms with Crippen LogP contribution in [0, 0.1) is 5.92 Å². The van der Waals surface area contributed by atoms with E-state index in [0.717, 1.165) is 10.2 Å². The van der Waals surface area contributed by atoms with Crippen molar-refractivity contribution in [2.45, 2.75) is 6.42 Å². The van der Waals surface area contributed by atoms with Gasteiger partial charge in [0.05, 0.1) is 11.6 Å². The second kappa shape index (κ2) is 5.10. The molecule has 5 heteroatoms. The minimum absolute atomic E-state index is 0.00194. The number of carbonyl (C=O) groups excluding carboxylic acids is 2. The summed E-state index contributed by atoms with van der Waals surface area (Å²) >= 11 is 3.43. The largest absolute Gasteiger partial charge is 0.349 e. The number of hydrogen-bond donors (Lipinski definition) is 0. The van der Waals surface area contributed by atoms with Gasteiger partial charge in [0.25, 0.3) is 0 Å². The molecule has 1 fully saturated rings. The zero-order valence-corrected chi connectivity index (χ0v) is 12.0. The summed E-state index contributed by atoms with van der Waals surface area (Å²) < 4.78 is 0.872. The summed E-state index contributed by atoms with van der Waals surface area (Å²) in [5, 5.41) is 0. The predicted molar refractivity (Wildman–Crippen MR) is 73.3 cm³/mol. The van der Waals surface area contributed by atoms with Crippen molar-refractivity contribution in [3.8, 4) is 0 Å². The molecule has 1 aliphatic heterocycles. The molecule has 2 amide bonds. The monoisotopic (exact) mass is 310 g/mol. The molecule has 0 bridgehead atoms. The molecular formula is C13H15BrN2O2. The normalized spacial score (nSPS) is 19.2. The highest BCUT2D eigenvalue weighted by molar-refractivity contribution is 9.10. The molecule has 0 aliphatic carbocycles. The van der Waals surface area contributed by atoms with Gasteiger partial charge in [-0.25, -0.2) is 0 Å². The topological polar surface area (TPSA) is 40.6 Å². The van der Waals surface area contributed by atoms with Crippen molar-refractivity contribution >= 4 is 33.4 Å². The Morgan fingerprint density at radius 2 is 2.06 bits per heavy atom. The average molecular weight is 311 g/mol. The lowest BCUT2D eigenvalue weighted by Gasteiger charge is -2.19. The summed E-state index contributed by atoms with van der Waals surface area (Å²) in [4.78, 5) is 27.1. The Morgan fingerprint density at radius 3 is 2.67 bits per heavy atom. The molecule has 96 valence electrons. The minimum Gasteiger partial charge on any atom is -0.349 e. The van der Waals surface area contributed by atoms with Crippen molar-refractivity contribution in [1.82, 2.24) is 4.90 Å². The zero-order chi connectivity index (χ0) is 13.3. The van der Waals surface area contributed by atoms with Gasteiger partial charge in [-0.1, -0.05) is 12.1 Å². The molecule has 1 aromatic carbocycles. The van der Waals surface area contributed by atoms with Crippen molar-refractivity contribution in [1.29, 1.82) is 0 Å². The summed E-state index contributed by atoms with van der Waals surface area (Å²) in [5.41, 5.74) is 0.830. The van der Waals surface area contributed by atoms with Gasteiger partial charge in [0.2, 0.25) is 11.8 Å². The van der Waals surface area contributed by atoms with Gasteiger partial charge in [-0.15, -0.1) is 0 Å². The fraction of sp³-hybridized carbons (Fsp3) is 0.385. The van der Waals surface area contributed by atoms with E-state index in [4.69, 9.17) is 0 Å². The van der Waals surface area contributed by atoms with Crippen LogP contribution in [-0.4, -0.2) is 37.4 Å². The Hall–Kier alpha value is -1.36. The van der Waals surface area contributed by atoms with E-state index in [2.05, 4.69) is 15.9 Å². The van der Waals surface area contributed by atoms with Crippen LogP contribution < -0.4 is 4.90 Å². The first-order chi connectivity index (χ1) is 8.50. The van der Waals surface area contributed by atoms with Gasteiger partial charge in [-0.05, 0) is 28.1 Å². The summed E-state index contributed by atoms with van der Waals surface area (Å²) in [6, 6.07) is 7.55. The smallest absolute Gasteiger partial charge is 0.227 e. The lowest BCUT2D eigenvalue weighted by atomic mass is 10.1. The standard InChI is InChI=1S/C13H15BrN2O2/c1-15(2)13(18)9-7-12(17)16(8-9)11-6-4-3-5-10(11)14/h3-6,9H,7-8H2,1-2H3. The number of para-hydroxylation sites is 1. The van der Waals surface area contributed by atoms with E-state index in [1.165, 1.54) is 0 Å². The van der Waals surface area contributed by atoms with Gasteiger partial charge in [-0.3, -0.25) is 9.59 Å². The Morgan fingerprint density at radius 1 is 1.39 bits per heavy atom. The summed E-state index contributed by atoms with van der Waals surface area (Å²) in [6.07, 6.45) is 0.290. The van der Waals surface area contributed by atoms with Crippen molar-refractivity contribution < 1.29 is 9.59 Å². The van der Waals surface area contributed by atoms with Crippen LogP contribution in [0.25, 0.3) is 0 Å². The van der Waals surface area contributed by atoms with Crippen LogP contribution in [0.2, 0.25) is 0 Å². The molecular weight excluding hydrogens is 296 g/mol. The van der Waals surface area contributed by atoms with Gasteiger partial charge in [0, 0.05) is 31.5 Å². The van der Waals surface area contributed by atoms with Crippen LogP contribution in [-0.2, 0) is 9.59 Å². The number of rotatable bonds is 2. The number of anilines is 1. The van der Waals surface area contributed by atoms with Crippen molar-refractivity contribution in [2.24, 2.45) is 5.92 Å². The SMILES string of the molecule is CN(C)C(=O)C1CC(=O)N(c2ccccc2Br)C1. The second-order valence-electron chi connectivity index (χ2n) is 4.59. The molecule has 0 radical (unpaired) electrons. The van der Waals surface area contributed by atoms with Crippen LogP contribution in [0.4, 0.5) is 5.69 Å².